The lowest BCUT2D eigenvalue weighted by atomic mass is 10.0. The number of carbonyl (C=O) groups excluding carboxylic acids is 1. The molecule has 1 aromatic rings. The number of likely N-dealkylation sites (tertiary alicyclic amines) is 2. The second-order valence-electron chi connectivity index (χ2n) is 6.56. The van der Waals surface area contributed by atoms with Gasteiger partial charge in [-0.3, -0.25) is 14.6 Å². The monoisotopic (exact) mass is 291 g/mol. The van der Waals surface area contributed by atoms with Crippen LogP contribution in [0.3, 0.4) is 0 Å². The van der Waals surface area contributed by atoms with Gasteiger partial charge in [0.2, 0.25) is 5.91 Å². The Bertz CT molecular complexity index is 486. The quantitative estimate of drug-likeness (QED) is 0.908. The average molecular weight is 291 g/mol. The molecule has 2 aliphatic heterocycles. The van der Waals surface area contributed by atoms with Crippen LogP contribution in [0, 0.1) is 5.92 Å². The fourth-order valence-electron chi connectivity index (χ4n) is 4.07. The summed E-state index contributed by atoms with van der Waals surface area (Å²) in [4.78, 5) is 17.0. The molecule has 5 heteroatoms. The molecule has 3 heterocycles. The summed E-state index contributed by atoms with van der Waals surface area (Å²) in [6.07, 6.45) is 4.53. The Kier molecular flexibility index (Phi) is 4.04. The van der Waals surface area contributed by atoms with Gasteiger partial charge in [0, 0.05) is 44.3 Å². The van der Waals surface area contributed by atoms with Crippen molar-refractivity contribution in [3.05, 3.63) is 24.2 Å². The number of hydrogen-bond acceptors (Lipinski definition) is 4. The van der Waals surface area contributed by atoms with Gasteiger partial charge in [0.15, 0.2) is 0 Å². The summed E-state index contributed by atoms with van der Waals surface area (Å²) in [6, 6.07) is 2.97. The maximum absolute atomic E-state index is 12.1. The van der Waals surface area contributed by atoms with Gasteiger partial charge in [0.25, 0.3) is 0 Å². The van der Waals surface area contributed by atoms with Gasteiger partial charge in [-0.25, -0.2) is 0 Å². The number of amides is 1. The van der Waals surface area contributed by atoms with Gasteiger partial charge in [-0.05, 0) is 32.3 Å². The van der Waals surface area contributed by atoms with E-state index in [0.717, 1.165) is 26.1 Å². The van der Waals surface area contributed by atoms with Gasteiger partial charge < -0.3 is 9.73 Å². The Morgan fingerprint density at radius 1 is 1.48 bits per heavy atom. The maximum Gasteiger partial charge on any atom is 0.237 e. The summed E-state index contributed by atoms with van der Waals surface area (Å²) in [5.41, 5.74) is 1.23. The van der Waals surface area contributed by atoms with Gasteiger partial charge >= 0.3 is 0 Å². The molecule has 2 fully saturated rings. The van der Waals surface area contributed by atoms with Crippen molar-refractivity contribution in [2.24, 2.45) is 5.92 Å². The molecule has 0 radical (unpaired) electrons. The Labute approximate surface area is 126 Å². The second kappa shape index (κ2) is 5.81. The van der Waals surface area contributed by atoms with Crippen molar-refractivity contribution in [2.75, 3.05) is 20.1 Å². The number of hydrogen-bond donors (Lipinski definition) is 1. The lowest BCUT2D eigenvalue weighted by Gasteiger charge is -2.33. The minimum absolute atomic E-state index is 0.0427. The maximum atomic E-state index is 12.1. The van der Waals surface area contributed by atoms with Gasteiger partial charge in [-0.2, -0.15) is 0 Å². The zero-order valence-electron chi connectivity index (χ0n) is 13.1. The normalized spacial score (nSPS) is 30.0. The average Bonchev–Trinajstić information content (AvgIpc) is 3.12. The minimum Gasteiger partial charge on any atom is -0.472 e. The number of nitrogens with one attached hydrogen (secondary N) is 1. The van der Waals surface area contributed by atoms with Crippen molar-refractivity contribution < 1.29 is 9.21 Å². The minimum atomic E-state index is 0.0427. The fourth-order valence-corrected chi connectivity index (χ4v) is 4.07. The van der Waals surface area contributed by atoms with Crippen LogP contribution in [-0.2, 0) is 11.3 Å². The largest absolute Gasteiger partial charge is 0.472 e. The lowest BCUT2D eigenvalue weighted by Crippen LogP contribution is -2.50. The van der Waals surface area contributed by atoms with Crippen LogP contribution >= 0.6 is 0 Å². The van der Waals surface area contributed by atoms with Crippen molar-refractivity contribution in [1.82, 2.24) is 15.1 Å². The van der Waals surface area contributed by atoms with Crippen LogP contribution in [0.15, 0.2) is 23.0 Å². The third-order valence-corrected chi connectivity index (χ3v) is 4.88. The van der Waals surface area contributed by atoms with E-state index in [0.29, 0.717) is 18.0 Å². The topological polar surface area (TPSA) is 48.7 Å². The van der Waals surface area contributed by atoms with Gasteiger partial charge in [-0.15, -0.1) is 0 Å². The van der Waals surface area contributed by atoms with E-state index in [1.54, 1.807) is 13.3 Å². The fraction of sp³-hybridized carbons (Fsp3) is 0.688. The Balaban J connectivity index is 1.69. The molecular weight excluding hydrogens is 266 g/mol. The molecule has 5 nitrogen and oxygen atoms in total. The highest BCUT2D eigenvalue weighted by atomic mass is 16.3. The van der Waals surface area contributed by atoms with Gasteiger partial charge in [0.05, 0.1) is 18.6 Å². The third kappa shape index (κ3) is 2.72. The molecule has 0 spiro atoms. The van der Waals surface area contributed by atoms with Crippen LogP contribution in [0.5, 0.6) is 0 Å². The molecule has 1 aromatic heterocycles. The zero-order chi connectivity index (χ0) is 15.0. The lowest BCUT2D eigenvalue weighted by molar-refractivity contribution is -0.126. The number of nitrogens with zero attached hydrogens (tertiary/aromatic N) is 2. The molecule has 1 amide bonds. The Morgan fingerprint density at radius 2 is 2.29 bits per heavy atom. The molecular formula is C16H25N3O2. The third-order valence-electron chi connectivity index (χ3n) is 4.88. The summed E-state index contributed by atoms with van der Waals surface area (Å²) in [6.45, 7) is 7.45. The summed E-state index contributed by atoms with van der Waals surface area (Å²) in [5.74, 6) is 0.765. The van der Waals surface area contributed by atoms with Gasteiger partial charge in [-0.1, -0.05) is 0 Å². The molecule has 0 bridgehead atoms. The molecule has 3 atom stereocenters. The molecule has 2 aliphatic rings. The summed E-state index contributed by atoms with van der Waals surface area (Å²) < 4.78 is 5.15. The number of fused-ring (bicyclic) bond motifs is 1. The first-order valence-corrected chi connectivity index (χ1v) is 7.82. The highest BCUT2D eigenvalue weighted by Crippen LogP contribution is 2.37. The van der Waals surface area contributed by atoms with E-state index < -0.39 is 0 Å². The summed E-state index contributed by atoms with van der Waals surface area (Å²) >= 11 is 0. The predicted molar refractivity (Wildman–Crippen MR) is 80.7 cm³/mol. The molecule has 0 unspecified atom stereocenters. The zero-order valence-corrected chi connectivity index (χ0v) is 13.1. The number of furan rings is 1. The van der Waals surface area contributed by atoms with Crippen LogP contribution < -0.4 is 5.32 Å². The van der Waals surface area contributed by atoms with Crippen LogP contribution in [-0.4, -0.2) is 54.0 Å². The van der Waals surface area contributed by atoms with E-state index in [9.17, 15) is 4.79 Å². The van der Waals surface area contributed by atoms with E-state index in [-0.39, 0.29) is 11.9 Å². The number of carbonyl (C=O) groups is 1. The molecule has 116 valence electrons. The standard InChI is InChI=1S/C16H25N3O2/c1-11(2)19-14(16(20)17-3)6-13-8-18(9-15(13)19)7-12-4-5-21-10-12/h4-5,10-11,13-15H,6-9H2,1-3H3,(H,17,20)/t13-,14-,15+/m1/s1. The van der Waals surface area contributed by atoms with Crippen LogP contribution in [0.1, 0.15) is 25.8 Å². The highest BCUT2D eigenvalue weighted by molar-refractivity contribution is 5.82. The molecule has 2 saturated heterocycles. The van der Waals surface area contributed by atoms with Crippen molar-refractivity contribution in [3.63, 3.8) is 0 Å². The molecule has 1 N–H and O–H groups in total. The highest BCUT2D eigenvalue weighted by Gasteiger charge is 2.49. The SMILES string of the molecule is CNC(=O)[C@H]1C[C@@H]2CN(Cc3ccoc3)C[C@@H]2N1C(C)C. The summed E-state index contributed by atoms with van der Waals surface area (Å²) in [7, 11) is 1.74. The van der Waals surface area contributed by atoms with Crippen molar-refractivity contribution >= 4 is 5.91 Å². The van der Waals surface area contributed by atoms with Gasteiger partial charge in [0.1, 0.15) is 0 Å². The van der Waals surface area contributed by atoms with Crippen LogP contribution in [0.4, 0.5) is 0 Å². The molecule has 0 aliphatic carbocycles. The predicted octanol–water partition coefficient (Wildman–Crippen LogP) is 1.31. The van der Waals surface area contributed by atoms with E-state index >= 15 is 0 Å². The number of likely N-dealkylation sites (N-methyl/N-ethyl adjacent to an activating group) is 1. The first kappa shape index (κ1) is 14.6. The molecule has 0 aromatic carbocycles. The van der Waals surface area contributed by atoms with E-state index in [4.69, 9.17) is 4.42 Å². The van der Waals surface area contributed by atoms with Crippen LogP contribution in [0.25, 0.3) is 0 Å². The van der Waals surface area contributed by atoms with E-state index in [1.165, 1.54) is 5.56 Å². The smallest absolute Gasteiger partial charge is 0.237 e. The second-order valence-corrected chi connectivity index (χ2v) is 6.56. The first-order chi connectivity index (χ1) is 10.1. The summed E-state index contributed by atoms with van der Waals surface area (Å²) in [5, 5.41) is 2.82. The van der Waals surface area contributed by atoms with E-state index in [1.807, 2.05) is 12.3 Å². The number of rotatable bonds is 4. The molecule has 3 rings (SSSR count). The molecule has 0 saturated carbocycles. The van der Waals surface area contributed by atoms with Crippen molar-refractivity contribution in [1.29, 1.82) is 0 Å². The Morgan fingerprint density at radius 3 is 2.90 bits per heavy atom. The Hall–Kier alpha value is -1.33. The van der Waals surface area contributed by atoms with Crippen LogP contribution in [0.2, 0.25) is 0 Å². The van der Waals surface area contributed by atoms with Crippen molar-refractivity contribution in [3.8, 4) is 0 Å². The van der Waals surface area contributed by atoms with E-state index in [2.05, 4.69) is 29.0 Å². The molecule has 21 heavy (non-hydrogen) atoms. The first-order valence-electron chi connectivity index (χ1n) is 7.82. The van der Waals surface area contributed by atoms with Crippen molar-refractivity contribution in [2.45, 2.75) is 44.9 Å².